The van der Waals surface area contributed by atoms with Gasteiger partial charge in [-0.1, -0.05) is 0 Å². The van der Waals surface area contributed by atoms with E-state index < -0.39 is 11.5 Å². The van der Waals surface area contributed by atoms with Crippen molar-refractivity contribution >= 4 is 5.97 Å². The third-order valence-corrected chi connectivity index (χ3v) is 3.10. The van der Waals surface area contributed by atoms with E-state index in [4.69, 9.17) is 5.11 Å². The second-order valence-corrected chi connectivity index (χ2v) is 4.25. The van der Waals surface area contributed by atoms with Gasteiger partial charge in [-0.2, -0.15) is 0 Å². The summed E-state index contributed by atoms with van der Waals surface area (Å²) in [5.74, 6) is -1.12. The van der Waals surface area contributed by atoms with Crippen LogP contribution in [0.5, 0.6) is 0 Å². The molecule has 1 saturated heterocycles. The minimum absolute atomic E-state index is 0.0660. The van der Waals surface area contributed by atoms with Crippen LogP contribution in [-0.4, -0.2) is 33.7 Å². The average molecular weight is 237 g/mol. The molecule has 1 fully saturated rings. The number of hydrogen-bond acceptors (Lipinski definition) is 4. The van der Waals surface area contributed by atoms with Gasteiger partial charge in [-0.05, 0) is 25.9 Å². The number of hydrogen-bond donors (Lipinski definition) is 2. The number of piperidine rings is 1. The van der Waals surface area contributed by atoms with Crippen molar-refractivity contribution in [2.45, 2.75) is 18.8 Å². The predicted octanol–water partition coefficient (Wildman–Crippen LogP) is -0.0545. The molecular weight excluding hydrogens is 222 g/mol. The topological polar surface area (TPSA) is 84.2 Å². The van der Waals surface area contributed by atoms with Crippen LogP contribution < -0.4 is 10.9 Å². The van der Waals surface area contributed by atoms with Crippen molar-refractivity contribution in [3.05, 3.63) is 27.9 Å². The minimum Gasteiger partial charge on any atom is -0.477 e. The van der Waals surface area contributed by atoms with Gasteiger partial charge in [-0.15, -0.1) is 0 Å². The Morgan fingerprint density at radius 2 is 2.18 bits per heavy atom. The van der Waals surface area contributed by atoms with Crippen LogP contribution in [-0.2, 0) is 7.05 Å². The first-order chi connectivity index (χ1) is 8.11. The molecule has 92 valence electrons. The lowest BCUT2D eigenvalue weighted by atomic mass is 9.91. The Bertz CT molecular complexity index is 489. The maximum Gasteiger partial charge on any atom is 0.343 e. The molecule has 1 aromatic heterocycles. The molecular formula is C11H15N3O3. The van der Waals surface area contributed by atoms with Crippen LogP contribution in [0.25, 0.3) is 0 Å². The fourth-order valence-electron chi connectivity index (χ4n) is 2.16. The average Bonchev–Trinajstić information content (AvgIpc) is 2.33. The Kier molecular flexibility index (Phi) is 3.23. The number of nitrogens with zero attached hydrogens (tertiary/aromatic N) is 2. The molecule has 0 bridgehead atoms. The van der Waals surface area contributed by atoms with E-state index in [9.17, 15) is 9.59 Å². The highest BCUT2D eigenvalue weighted by Gasteiger charge is 2.25. The number of carbonyl (C=O) groups is 1. The Labute approximate surface area is 98.3 Å². The quantitative estimate of drug-likeness (QED) is 0.753. The van der Waals surface area contributed by atoms with Crippen LogP contribution in [0.2, 0.25) is 0 Å². The predicted molar refractivity (Wildman–Crippen MR) is 61.3 cm³/mol. The van der Waals surface area contributed by atoms with Gasteiger partial charge in [0.1, 0.15) is 5.56 Å². The van der Waals surface area contributed by atoms with Crippen molar-refractivity contribution in [2.24, 2.45) is 7.05 Å². The summed E-state index contributed by atoms with van der Waals surface area (Å²) in [6.45, 7) is 1.67. The largest absolute Gasteiger partial charge is 0.477 e. The van der Waals surface area contributed by atoms with E-state index in [1.807, 2.05) is 0 Å². The molecule has 0 radical (unpaired) electrons. The molecule has 0 spiro atoms. The van der Waals surface area contributed by atoms with Gasteiger partial charge >= 0.3 is 5.97 Å². The number of aryl methyl sites for hydroxylation is 1. The first-order valence-corrected chi connectivity index (χ1v) is 5.60. The van der Waals surface area contributed by atoms with Crippen molar-refractivity contribution in [1.82, 2.24) is 14.9 Å². The fourth-order valence-corrected chi connectivity index (χ4v) is 2.16. The van der Waals surface area contributed by atoms with Crippen LogP contribution in [0.3, 0.4) is 0 Å². The summed E-state index contributed by atoms with van der Waals surface area (Å²) in [5, 5.41) is 12.3. The van der Waals surface area contributed by atoms with Crippen molar-refractivity contribution in [3.63, 3.8) is 0 Å². The molecule has 0 aromatic carbocycles. The van der Waals surface area contributed by atoms with Crippen LogP contribution in [0.1, 0.15) is 34.8 Å². The lowest BCUT2D eigenvalue weighted by Gasteiger charge is -2.23. The van der Waals surface area contributed by atoms with E-state index in [2.05, 4.69) is 10.3 Å². The minimum atomic E-state index is -1.19. The molecule has 6 nitrogen and oxygen atoms in total. The standard InChI is InChI=1S/C11H15N3O3/c1-14-6-13-9(7-2-4-12-5-3-7)8(10(14)15)11(16)17/h6-7,12H,2-5H2,1H3,(H,16,17). The van der Waals surface area contributed by atoms with Gasteiger partial charge in [0.25, 0.3) is 5.56 Å². The normalized spacial score (nSPS) is 17.0. The first kappa shape index (κ1) is 11.8. The molecule has 6 heteroatoms. The molecule has 0 aliphatic carbocycles. The Morgan fingerprint density at radius 3 is 2.76 bits per heavy atom. The number of carboxylic acids is 1. The van der Waals surface area contributed by atoms with E-state index in [0.29, 0.717) is 5.69 Å². The van der Waals surface area contributed by atoms with Gasteiger partial charge < -0.3 is 15.0 Å². The summed E-state index contributed by atoms with van der Waals surface area (Å²) < 4.78 is 1.20. The summed E-state index contributed by atoms with van der Waals surface area (Å²) >= 11 is 0. The third-order valence-electron chi connectivity index (χ3n) is 3.10. The number of rotatable bonds is 2. The highest BCUT2D eigenvalue weighted by atomic mass is 16.4. The maximum absolute atomic E-state index is 11.8. The van der Waals surface area contributed by atoms with Gasteiger partial charge in [0.15, 0.2) is 0 Å². The van der Waals surface area contributed by atoms with Crippen molar-refractivity contribution < 1.29 is 9.90 Å². The van der Waals surface area contributed by atoms with Crippen molar-refractivity contribution in [3.8, 4) is 0 Å². The molecule has 0 amide bonds. The van der Waals surface area contributed by atoms with Gasteiger partial charge in [-0.3, -0.25) is 4.79 Å². The molecule has 2 N–H and O–H groups in total. The second kappa shape index (κ2) is 4.67. The molecule has 2 rings (SSSR count). The second-order valence-electron chi connectivity index (χ2n) is 4.25. The molecule has 17 heavy (non-hydrogen) atoms. The summed E-state index contributed by atoms with van der Waals surface area (Å²) in [4.78, 5) is 27.1. The van der Waals surface area contributed by atoms with E-state index in [1.54, 1.807) is 0 Å². The lowest BCUT2D eigenvalue weighted by Crippen LogP contribution is -2.32. The van der Waals surface area contributed by atoms with Crippen LogP contribution >= 0.6 is 0 Å². The highest BCUT2D eigenvalue weighted by Crippen LogP contribution is 2.24. The zero-order valence-corrected chi connectivity index (χ0v) is 9.64. The number of carboxylic acid groups (broad SMARTS) is 1. The van der Waals surface area contributed by atoms with E-state index in [1.165, 1.54) is 17.9 Å². The van der Waals surface area contributed by atoms with Crippen molar-refractivity contribution in [1.29, 1.82) is 0 Å². The van der Waals surface area contributed by atoms with Gasteiger partial charge in [0.2, 0.25) is 0 Å². The summed E-state index contributed by atoms with van der Waals surface area (Å²) in [7, 11) is 1.51. The van der Waals surface area contributed by atoms with Crippen LogP contribution in [0.15, 0.2) is 11.1 Å². The van der Waals surface area contributed by atoms with E-state index in [0.717, 1.165) is 25.9 Å². The van der Waals surface area contributed by atoms with E-state index >= 15 is 0 Å². The molecule has 1 aliphatic rings. The van der Waals surface area contributed by atoms with Crippen LogP contribution in [0.4, 0.5) is 0 Å². The number of aromatic carboxylic acids is 1. The maximum atomic E-state index is 11.8. The Morgan fingerprint density at radius 1 is 1.53 bits per heavy atom. The fraction of sp³-hybridized carbons (Fsp3) is 0.545. The van der Waals surface area contributed by atoms with Gasteiger partial charge in [0.05, 0.1) is 12.0 Å². The monoisotopic (exact) mass is 237 g/mol. The third kappa shape index (κ3) is 2.21. The van der Waals surface area contributed by atoms with Crippen LogP contribution in [0, 0.1) is 0 Å². The smallest absolute Gasteiger partial charge is 0.343 e. The molecule has 0 atom stereocenters. The van der Waals surface area contributed by atoms with E-state index in [-0.39, 0.29) is 11.5 Å². The Hall–Kier alpha value is -1.69. The zero-order valence-electron chi connectivity index (χ0n) is 9.64. The molecule has 0 saturated carbocycles. The van der Waals surface area contributed by atoms with Gasteiger partial charge in [0, 0.05) is 13.0 Å². The number of nitrogens with one attached hydrogen (secondary N) is 1. The SMILES string of the molecule is Cn1cnc(C2CCNCC2)c(C(=O)O)c1=O. The molecule has 1 aliphatic heterocycles. The zero-order chi connectivity index (χ0) is 12.4. The Balaban J connectivity index is 2.49. The van der Waals surface area contributed by atoms with Gasteiger partial charge in [-0.25, -0.2) is 9.78 Å². The molecule has 0 unspecified atom stereocenters. The summed E-state index contributed by atoms with van der Waals surface area (Å²) in [5.41, 5.74) is -0.231. The highest BCUT2D eigenvalue weighted by molar-refractivity contribution is 5.88. The van der Waals surface area contributed by atoms with Crippen molar-refractivity contribution in [2.75, 3.05) is 13.1 Å². The molecule has 2 heterocycles. The lowest BCUT2D eigenvalue weighted by molar-refractivity contribution is 0.0691. The summed E-state index contributed by atoms with van der Waals surface area (Å²) in [6.07, 6.45) is 3.03. The first-order valence-electron chi connectivity index (χ1n) is 5.60. The summed E-state index contributed by atoms with van der Waals surface area (Å²) in [6, 6.07) is 0. The number of aromatic nitrogens is 2. The molecule has 1 aromatic rings.